The van der Waals surface area contributed by atoms with E-state index in [0.717, 1.165) is 0 Å². The molecule has 0 unspecified atom stereocenters. The van der Waals surface area contributed by atoms with E-state index in [2.05, 4.69) is 4.99 Å². The van der Waals surface area contributed by atoms with Gasteiger partial charge in [0.2, 0.25) is 0 Å². The fraction of sp³-hybridized carbons (Fsp3) is 0.667. The van der Waals surface area contributed by atoms with Crippen LogP contribution in [-0.2, 0) is 42.9 Å². The van der Waals surface area contributed by atoms with Gasteiger partial charge < -0.3 is 23.7 Å². The molecule has 0 spiro atoms. The summed E-state index contributed by atoms with van der Waals surface area (Å²) in [5, 5.41) is 11.1. The highest BCUT2D eigenvalue weighted by atomic mass is 16.7. The molecule has 1 fully saturated rings. The number of nitro groups is 1. The van der Waals surface area contributed by atoms with E-state index in [9.17, 15) is 29.3 Å². The number of nitrogens with zero attached hydrogens (tertiary/aromatic N) is 2. The summed E-state index contributed by atoms with van der Waals surface area (Å²) in [5.74, 6) is -2.59. The van der Waals surface area contributed by atoms with E-state index >= 15 is 0 Å². The van der Waals surface area contributed by atoms with Gasteiger partial charge in [-0.15, -0.1) is 0 Å². The van der Waals surface area contributed by atoms with Gasteiger partial charge in [-0.05, 0) is 101 Å². The van der Waals surface area contributed by atoms with Crippen molar-refractivity contribution in [1.82, 2.24) is 0 Å². The lowest BCUT2D eigenvalue weighted by Gasteiger charge is -2.45. The van der Waals surface area contributed by atoms with Gasteiger partial charge >= 0.3 is 23.9 Å². The molecular formula is C33H48N2O11. The van der Waals surface area contributed by atoms with Crippen LogP contribution in [0.15, 0.2) is 29.3 Å². The van der Waals surface area contributed by atoms with Crippen LogP contribution in [0.3, 0.4) is 0 Å². The Labute approximate surface area is 270 Å². The van der Waals surface area contributed by atoms with Gasteiger partial charge in [-0.3, -0.25) is 34.3 Å². The first-order chi connectivity index (χ1) is 20.8. The molecule has 1 aliphatic heterocycles. The molecular weight excluding hydrogens is 600 g/mol. The zero-order valence-corrected chi connectivity index (χ0v) is 28.9. The molecule has 0 bridgehead atoms. The van der Waals surface area contributed by atoms with Gasteiger partial charge in [0.05, 0.1) is 26.6 Å². The Balaban J connectivity index is 2.73. The van der Waals surface area contributed by atoms with E-state index in [-0.39, 0.29) is 5.69 Å². The maximum atomic E-state index is 13.3. The largest absolute Gasteiger partial charge is 0.462 e. The second-order valence-corrected chi connectivity index (χ2v) is 15.4. The highest BCUT2D eigenvalue weighted by molar-refractivity contribution is 5.80. The van der Waals surface area contributed by atoms with Gasteiger partial charge in [0.25, 0.3) is 5.69 Å². The first-order valence-corrected chi connectivity index (χ1v) is 15.1. The van der Waals surface area contributed by atoms with Crippen molar-refractivity contribution in [3.8, 4) is 0 Å². The molecule has 1 aromatic rings. The number of rotatable bonds is 8. The molecule has 0 saturated carbocycles. The van der Waals surface area contributed by atoms with Crippen molar-refractivity contribution in [3.63, 3.8) is 0 Å². The fourth-order valence-electron chi connectivity index (χ4n) is 3.67. The minimum absolute atomic E-state index is 0.124. The summed E-state index contributed by atoms with van der Waals surface area (Å²) < 4.78 is 29.6. The molecule has 1 saturated heterocycles. The third kappa shape index (κ3) is 10.6. The number of ether oxygens (including phenoxy) is 5. The normalized spacial score (nSPS) is 22.6. The van der Waals surface area contributed by atoms with Crippen molar-refractivity contribution in [1.29, 1.82) is 0 Å². The zero-order chi connectivity index (χ0) is 35.4. The zero-order valence-electron chi connectivity index (χ0n) is 28.9. The number of esters is 4. The molecule has 1 heterocycles. The lowest BCUT2D eigenvalue weighted by Crippen LogP contribution is -2.63. The number of nitro benzene ring substituents is 1. The second-order valence-electron chi connectivity index (χ2n) is 15.4. The molecule has 2 rings (SSSR count). The molecule has 0 radical (unpaired) electrons. The van der Waals surface area contributed by atoms with Crippen molar-refractivity contribution in [2.24, 2.45) is 26.7 Å². The van der Waals surface area contributed by atoms with Crippen LogP contribution in [0.1, 0.15) is 88.6 Å². The maximum Gasteiger partial charge on any atom is 0.311 e. The van der Waals surface area contributed by atoms with Gasteiger partial charge in [0.15, 0.2) is 24.5 Å². The maximum absolute atomic E-state index is 13.3. The average Bonchev–Trinajstić information content (AvgIpc) is 2.90. The van der Waals surface area contributed by atoms with Gasteiger partial charge in [-0.2, -0.15) is 0 Å². The molecule has 13 nitrogen and oxygen atoms in total. The van der Waals surface area contributed by atoms with E-state index in [0.29, 0.717) is 5.56 Å². The number of aliphatic imine (C=N–C) groups is 1. The smallest absolute Gasteiger partial charge is 0.311 e. The Morgan fingerprint density at radius 2 is 1.13 bits per heavy atom. The summed E-state index contributed by atoms with van der Waals surface area (Å²) in [4.78, 5) is 67.7. The highest BCUT2D eigenvalue weighted by Crippen LogP contribution is 2.34. The molecule has 256 valence electrons. The predicted octanol–water partition coefficient (Wildman–Crippen LogP) is 5.20. The van der Waals surface area contributed by atoms with Crippen LogP contribution < -0.4 is 0 Å². The third-order valence-electron chi connectivity index (χ3n) is 6.64. The average molecular weight is 649 g/mol. The highest BCUT2D eigenvalue weighted by Gasteiger charge is 2.54. The second kappa shape index (κ2) is 14.3. The summed E-state index contributed by atoms with van der Waals surface area (Å²) in [7, 11) is 0. The van der Waals surface area contributed by atoms with Crippen LogP contribution in [-0.4, -0.2) is 72.3 Å². The monoisotopic (exact) mass is 648 g/mol. The third-order valence-corrected chi connectivity index (χ3v) is 6.64. The van der Waals surface area contributed by atoms with Crippen molar-refractivity contribution >= 4 is 35.8 Å². The minimum atomic E-state index is -1.43. The van der Waals surface area contributed by atoms with Crippen molar-refractivity contribution in [2.75, 3.05) is 6.61 Å². The fourth-order valence-corrected chi connectivity index (χ4v) is 3.67. The van der Waals surface area contributed by atoms with Crippen LogP contribution in [0.4, 0.5) is 5.69 Å². The molecule has 1 aromatic carbocycles. The molecule has 0 amide bonds. The quantitative estimate of drug-likeness (QED) is 0.119. The summed E-state index contributed by atoms with van der Waals surface area (Å²) in [5.41, 5.74) is -3.55. The summed E-state index contributed by atoms with van der Waals surface area (Å²) >= 11 is 0. The molecule has 0 aliphatic carbocycles. The number of hydrogen-bond donors (Lipinski definition) is 0. The van der Waals surface area contributed by atoms with E-state index in [4.69, 9.17) is 23.7 Å². The Morgan fingerprint density at radius 3 is 1.54 bits per heavy atom. The number of benzene rings is 1. The summed E-state index contributed by atoms with van der Waals surface area (Å²) in [6.07, 6.45) is -5.43. The Kier molecular flexibility index (Phi) is 11.9. The molecule has 0 aromatic heterocycles. The van der Waals surface area contributed by atoms with Crippen molar-refractivity contribution in [3.05, 3.63) is 39.9 Å². The summed E-state index contributed by atoms with van der Waals surface area (Å²) in [6, 6.07) is 5.53. The Bertz CT molecular complexity index is 1310. The van der Waals surface area contributed by atoms with Gasteiger partial charge in [0, 0.05) is 18.3 Å². The van der Waals surface area contributed by atoms with Crippen LogP contribution >= 0.6 is 0 Å². The molecule has 13 heteroatoms. The van der Waals surface area contributed by atoms with Crippen molar-refractivity contribution < 1.29 is 47.8 Å². The summed E-state index contributed by atoms with van der Waals surface area (Å²) in [6.45, 7) is 19.3. The number of carbonyl (C=O) groups excluding carboxylic acids is 4. The van der Waals surface area contributed by atoms with Gasteiger partial charge in [-0.1, -0.05) is 0 Å². The number of hydrogen-bond acceptors (Lipinski definition) is 12. The lowest BCUT2D eigenvalue weighted by atomic mass is 9.92. The van der Waals surface area contributed by atoms with E-state index in [1.165, 1.54) is 30.5 Å². The predicted molar refractivity (Wildman–Crippen MR) is 168 cm³/mol. The number of carbonyl (C=O) groups is 4. The van der Waals surface area contributed by atoms with Gasteiger partial charge in [-0.25, -0.2) is 0 Å². The van der Waals surface area contributed by atoms with Crippen LogP contribution in [0.2, 0.25) is 0 Å². The van der Waals surface area contributed by atoms with Crippen molar-refractivity contribution in [2.45, 2.75) is 114 Å². The SMILES string of the molecule is CC(C)(C)C(=O)OC[C@H]1O[C@@H](/N=C/c2ccc([N+](=O)[O-])cc2)[C@H](OC(=O)C(C)(C)C)[C@@H](OC(=O)C(C)(C)C)[C@H]1OC(=O)C(C)(C)C. The van der Waals surface area contributed by atoms with Crippen LogP contribution in [0.5, 0.6) is 0 Å². The molecule has 46 heavy (non-hydrogen) atoms. The first-order valence-electron chi connectivity index (χ1n) is 15.1. The lowest BCUT2D eigenvalue weighted by molar-refractivity contribution is -0.384. The van der Waals surface area contributed by atoms with Gasteiger partial charge in [0.1, 0.15) is 12.7 Å². The Hall–Kier alpha value is -3.87. The van der Waals surface area contributed by atoms with E-state index in [1.54, 1.807) is 83.1 Å². The topological polar surface area (TPSA) is 170 Å². The standard InChI is InChI=1S/C33H48N2O11/c1-30(2,3)26(36)42-18-21-22(44-27(37)31(4,5)6)23(45-28(38)32(7,8)9)24(46-29(39)33(10,11)12)25(43-21)34-17-19-13-15-20(16-14-19)35(40)41/h13-17,21-25H,18H2,1-12H3/b34-17+/t21-,22+,23+,24-,25-/m1/s1. The Morgan fingerprint density at radius 1 is 0.717 bits per heavy atom. The van der Waals surface area contributed by atoms with E-state index < -0.39 is 87.7 Å². The molecule has 5 atom stereocenters. The molecule has 1 aliphatic rings. The first kappa shape index (κ1) is 38.3. The molecule has 0 N–H and O–H groups in total. The minimum Gasteiger partial charge on any atom is -0.462 e. The van der Waals surface area contributed by atoms with E-state index in [1.807, 2.05) is 0 Å². The number of non-ortho nitro benzene ring substituents is 1. The van der Waals surface area contributed by atoms with Crippen LogP contribution in [0, 0.1) is 31.8 Å². The van der Waals surface area contributed by atoms with Crippen LogP contribution in [0.25, 0.3) is 0 Å².